The summed E-state index contributed by atoms with van der Waals surface area (Å²) in [5, 5.41) is 11.5. The molecule has 3 heterocycles. The zero-order valence-electron chi connectivity index (χ0n) is 11.7. The van der Waals surface area contributed by atoms with Crippen molar-refractivity contribution in [3.05, 3.63) is 11.5 Å². The second-order valence-corrected chi connectivity index (χ2v) is 6.49. The van der Waals surface area contributed by atoms with Crippen molar-refractivity contribution in [3.63, 3.8) is 0 Å². The molecule has 0 aliphatic carbocycles. The van der Waals surface area contributed by atoms with Gasteiger partial charge in [-0.1, -0.05) is 30.4 Å². The molecule has 1 unspecified atom stereocenters. The van der Waals surface area contributed by atoms with Gasteiger partial charge in [0, 0.05) is 12.0 Å². The number of hydrogen-bond donors (Lipinski definition) is 1. The van der Waals surface area contributed by atoms with Crippen LogP contribution in [0.15, 0.2) is 4.52 Å². The fourth-order valence-corrected chi connectivity index (χ4v) is 2.82. The first-order valence-electron chi connectivity index (χ1n) is 6.53. The normalized spacial score (nSPS) is 20.2. The molecular weight excluding hydrogens is 278 g/mol. The van der Waals surface area contributed by atoms with Crippen LogP contribution in [0, 0.1) is 0 Å². The second kappa shape index (κ2) is 5.19. The van der Waals surface area contributed by atoms with E-state index in [1.165, 1.54) is 11.5 Å². The van der Waals surface area contributed by atoms with Crippen molar-refractivity contribution in [2.45, 2.75) is 32.2 Å². The molecule has 2 aromatic rings. The van der Waals surface area contributed by atoms with Crippen LogP contribution in [0.25, 0.3) is 10.8 Å². The van der Waals surface area contributed by atoms with Crippen molar-refractivity contribution in [3.8, 4) is 10.8 Å². The van der Waals surface area contributed by atoms with Crippen molar-refractivity contribution < 1.29 is 9.26 Å². The Balaban J connectivity index is 1.88. The zero-order chi connectivity index (χ0) is 14.2. The molecule has 8 heteroatoms. The summed E-state index contributed by atoms with van der Waals surface area (Å²) in [5.74, 6) is 1.10. The number of morpholine rings is 1. The Morgan fingerprint density at radius 3 is 2.90 bits per heavy atom. The van der Waals surface area contributed by atoms with E-state index in [-0.39, 0.29) is 11.5 Å². The molecular formula is C12H17N5O2S. The van der Waals surface area contributed by atoms with Gasteiger partial charge in [-0.25, -0.2) is 0 Å². The number of aromatic nitrogens is 4. The van der Waals surface area contributed by atoms with Crippen molar-refractivity contribution in [1.29, 1.82) is 0 Å². The van der Waals surface area contributed by atoms with Gasteiger partial charge in [-0.15, -0.1) is 5.10 Å². The third-order valence-electron chi connectivity index (χ3n) is 3.07. The van der Waals surface area contributed by atoms with Crippen LogP contribution >= 0.6 is 11.5 Å². The third kappa shape index (κ3) is 2.58. The highest BCUT2D eigenvalue weighted by atomic mass is 32.1. The number of nitrogens with one attached hydrogen (secondary N) is 1. The van der Waals surface area contributed by atoms with Crippen LogP contribution in [-0.4, -0.2) is 39.5 Å². The van der Waals surface area contributed by atoms with Crippen LogP contribution in [0.1, 0.15) is 38.3 Å². The molecule has 1 fully saturated rings. The van der Waals surface area contributed by atoms with Crippen LogP contribution in [0.3, 0.4) is 0 Å². The lowest BCUT2D eigenvalue weighted by Gasteiger charge is -2.20. The first kappa shape index (κ1) is 13.6. The lowest BCUT2D eigenvalue weighted by molar-refractivity contribution is 0.0734. The Kier molecular flexibility index (Phi) is 3.53. The van der Waals surface area contributed by atoms with Crippen molar-refractivity contribution >= 4 is 11.5 Å². The molecule has 1 atom stereocenters. The molecule has 1 aliphatic heterocycles. The van der Waals surface area contributed by atoms with Crippen LogP contribution in [0.4, 0.5) is 0 Å². The van der Waals surface area contributed by atoms with Gasteiger partial charge in [-0.05, 0) is 11.5 Å². The summed E-state index contributed by atoms with van der Waals surface area (Å²) >= 11 is 1.28. The number of nitrogens with zero attached hydrogens (tertiary/aromatic N) is 4. The molecule has 20 heavy (non-hydrogen) atoms. The summed E-state index contributed by atoms with van der Waals surface area (Å²) in [6.07, 6.45) is 0. The monoisotopic (exact) mass is 295 g/mol. The molecule has 0 radical (unpaired) electrons. The maximum absolute atomic E-state index is 5.41. The predicted molar refractivity (Wildman–Crippen MR) is 73.5 cm³/mol. The summed E-state index contributed by atoms with van der Waals surface area (Å²) in [6.45, 7) is 8.33. The van der Waals surface area contributed by atoms with E-state index in [1.54, 1.807) is 0 Å². The minimum atomic E-state index is -0.108. The quantitative estimate of drug-likeness (QED) is 0.899. The zero-order valence-corrected chi connectivity index (χ0v) is 12.5. The van der Waals surface area contributed by atoms with Crippen LogP contribution in [0.5, 0.6) is 0 Å². The molecule has 1 saturated heterocycles. The van der Waals surface area contributed by atoms with Crippen LogP contribution < -0.4 is 5.32 Å². The highest BCUT2D eigenvalue weighted by Gasteiger charge is 2.28. The van der Waals surface area contributed by atoms with Gasteiger partial charge >= 0.3 is 0 Å². The Hall–Kier alpha value is -1.38. The summed E-state index contributed by atoms with van der Waals surface area (Å²) in [7, 11) is 0. The first-order chi connectivity index (χ1) is 9.55. The van der Waals surface area contributed by atoms with Gasteiger partial charge in [0.25, 0.3) is 5.89 Å². The van der Waals surface area contributed by atoms with Gasteiger partial charge in [0.1, 0.15) is 4.88 Å². The molecule has 0 bridgehead atoms. The van der Waals surface area contributed by atoms with E-state index in [0.29, 0.717) is 24.9 Å². The van der Waals surface area contributed by atoms with E-state index >= 15 is 0 Å². The topological polar surface area (TPSA) is 86.0 Å². The van der Waals surface area contributed by atoms with Gasteiger partial charge < -0.3 is 14.6 Å². The van der Waals surface area contributed by atoms with Gasteiger partial charge in [-0.2, -0.15) is 4.98 Å². The fraction of sp³-hybridized carbons (Fsp3) is 0.667. The molecule has 0 spiro atoms. The standard InChI is InChI=1S/C12H17N5O2S/c1-12(2,3)9-8(20-17-15-9)11-14-10(16-19-11)7-6-18-5-4-13-7/h7,13H,4-6H2,1-3H3. The fourth-order valence-electron chi connectivity index (χ4n) is 2.02. The van der Waals surface area contributed by atoms with Crippen LogP contribution in [-0.2, 0) is 10.2 Å². The van der Waals surface area contributed by atoms with E-state index < -0.39 is 0 Å². The highest BCUT2D eigenvalue weighted by Crippen LogP contribution is 2.33. The van der Waals surface area contributed by atoms with E-state index in [4.69, 9.17) is 9.26 Å². The average Bonchev–Trinajstić information content (AvgIpc) is 3.08. The molecule has 3 rings (SSSR count). The first-order valence-corrected chi connectivity index (χ1v) is 7.31. The molecule has 1 aliphatic rings. The minimum absolute atomic E-state index is 0.0137. The van der Waals surface area contributed by atoms with E-state index in [2.05, 4.69) is 45.8 Å². The molecule has 7 nitrogen and oxygen atoms in total. The summed E-state index contributed by atoms with van der Waals surface area (Å²) in [6, 6.07) is -0.0137. The third-order valence-corrected chi connectivity index (χ3v) is 3.78. The summed E-state index contributed by atoms with van der Waals surface area (Å²) < 4.78 is 14.8. The van der Waals surface area contributed by atoms with E-state index in [0.717, 1.165) is 17.1 Å². The molecule has 0 saturated carbocycles. The Morgan fingerprint density at radius 1 is 1.35 bits per heavy atom. The largest absolute Gasteiger partial charge is 0.378 e. The van der Waals surface area contributed by atoms with Gasteiger partial charge in [0.15, 0.2) is 5.82 Å². The number of ether oxygens (including phenoxy) is 1. The average molecular weight is 295 g/mol. The molecule has 0 aromatic carbocycles. The number of hydrogen-bond acceptors (Lipinski definition) is 8. The Morgan fingerprint density at radius 2 is 2.20 bits per heavy atom. The molecule has 108 valence electrons. The summed E-state index contributed by atoms with van der Waals surface area (Å²) in [5.41, 5.74) is 0.772. The number of rotatable bonds is 2. The minimum Gasteiger partial charge on any atom is -0.378 e. The van der Waals surface area contributed by atoms with Crippen molar-refractivity contribution in [1.82, 2.24) is 25.0 Å². The lowest BCUT2D eigenvalue weighted by atomic mass is 9.91. The SMILES string of the molecule is CC(C)(C)c1nnsc1-c1nc(C2COCCN2)no1. The van der Waals surface area contributed by atoms with E-state index in [1.807, 2.05) is 0 Å². The summed E-state index contributed by atoms with van der Waals surface area (Å²) in [4.78, 5) is 5.30. The highest BCUT2D eigenvalue weighted by molar-refractivity contribution is 7.09. The van der Waals surface area contributed by atoms with Gasteiger partial charge in [0.2, 0.25) is 0 Å². The maximum Gasteiger partial charge on any atom is 0.271 e. The second-order valence-electron chi connectivity index (χ2n) is 5.74. The van der Waals surface area contributed by atoms with Crippen molar-refractivity contribution in [2.24, 2.45) is 0 Å². The van der Waals surface area contributed by atoms with Gasteiger partial charge in [-0.3, -0.25) is 0 Å². The van der Waals surface area contributed by atoms with Crippen molar-refractivity contribution in [2.75, 3.05) is 19.8 Å². The molecule has 1 N–H and O–H groups in total. The smallest absolute Gasteiger partial charge is 0.271 e. The predicted octanol–water partition coefficient (Wildman–Crippen LogP) is 1.55. The van der Waals surface area contributed by atoms with Crippen LogP contribution in [0.2, 0.25) is 0 Å². The molecule has 0 amide bonds. The maximum atomic E-state index is 5.41. The molecule has 2 aromatic heterocycles. The van der Waals surface area contributed by atoms with E-state index in [9.17, 15) is 0 Å². The Labute approximate surface area is 120 Å². The Bertz CT molecular complexity index is 583. The van der Waals surface area contributed by atoms with Gasteiger partial charge in [0.05, 0.1) is 24.9 Å². The lowest BCUT2D eigenvalue weighted by Crippen LogP contribution is -2.35.